The summed E-state index contributed by atoms with van der Waals surface area (Å²) < 4.78 is 7.30. The molecule has 2 aliphatic rings. The van der Waals surface area contributed by atoms with Gasteiger partial charge in [-0.3, -0.25) is 9.69 Å². The molecule has 2 aromatic carbocycles. The number of likely N-dealkylation sites (tertiary alicyclic amines) is 1. The number of amides is 1. The van der Waals surface area contributed by atoms with E-state index < -0.39 is 11.7 Å². The second-order valence-electron chi connectivity index (χ2n) is 10.3. The summed E-state index contributed by atoms with van der Waals surface area (Å²) in [5.74, 6) is -0.236. The molecule has 1 saturated heterocycles. The van der Waals surface area contributed by atoms with E-state index >= 15 is 0 Å². The van der Waals surface area contributed by atoms with Crippen LogP contribution in [0.5, 0.6) is 0 Å². The highest BCUT2D eigenvalue weighted by molar-refractivity contribution is 6.43. The Morgan fingerprint density at radius 3 is 2.54 bits per heavy atom. The molecule has 0 spiro atoms. The van der Waals surface area contributed by atoms with Crippen molar-refractivity contribution in [1.29, 1.82) is 0 Å². The zero-order valence-corrected chi connectivity index (χ0v) is 21.7. The van der Waals surface area contributed by atoms with Gasteiger partial charge >= 0.3 is 6.09 Å². The Hall–Kier alpha value is -2.54. The number of carbonyl (C=O) groups excluding carboxylic acids is 2. The third-order valence-electron chi connectivity index (χ3n) is 6.54. The molecule has 0 aliphatic carbocycles. The van der Waals surface area contributed by atoms with Crippen molar-refractivity contribution in [1.82, 2.24) is 14.8 Å². The molecule has 184 valence electrons. The number of hydrogen-bond donors (Lipinski definition) is 1. The maximum absolute atomic E-state index is 13.4. The van der Waals surface area contributed by atoms with Crippen molar-refractivity contribution >= 4 is 46.1 Å². The first-order valence-corrected chi connectivity index (χ1v) is 12.8. The SMILES string of the molecule is CC(C)(C)OC(=O)n1c(-c2cc(Cl)c(Cl)c3c2C(=O)NC3)cc2cc(CN3CCCCC3)ccc21. The van der Waals surface area contributed by atoms with Gasteiger partial charge in [-0.1, -0.05) is 35.7 Å². The normalized spacial score (nSPS) is 16.4. The second-order valence-corrected chi connectivity index (χ2v) is 11.1. The van der Waals surface area contributed by atoms with E-state index in [0.29, 0.717) is 39.0 Å². The molecule has 2 aliphatic heterocycles. The number of fused-ring (bicyclic) bond motifs is 2. The number of carbonyl (C=O) groups is 2. The fourth-order valence-corrected chi connectivity index (χ4v) is 5.44. The third kappa shape index (κ3) is 4.67. The minimum absolute atomic E-state index is 0.236. The van der Waals surface area contributed by atoms with Crippen molar-refractivity contribution in [2.24, 2.45) is 0 Å². The first-order chi connectivity index (χ1) is 16.6. The molecule has 1 N–H and O–H groups in total. The second kappa shape index (κ2) is 9.16. The van der Waals surface area contributed by atoms with E-state index in [1.807, 2.05) is 32.9 Å². The van der Waals surface area contributed by atoms with Gasteiger partial charge in [-0.15, -0.1) is 0 Å². The highest BCUT2D eigenvalue weighted by Gasteiger charge is 2.31. The van der Waals surface area contributed by atoms with E-state index in [1.165, 1.54) is 29.4 Å². The topological polar surface area (TPSA) is 63.6 Å². The van der Waals surface area contributed by atoms with Gasteiger partial charge in [0, 0.05) is 29.6 Å². The van der Waals surface area contributed by atoms with Crippen LogP contribution < -0.4 is 5.32 Å². The van der Waals surface area contributed by atoms with Crippen molar-refractivity contribution < 1.29 is 14.3 Å². The summed E-state index contributed by atoms with van der Waals surface area (Å²) in [5, 5.41) is 4.42. The van der Waals surface area contributed by atoms with Crippen LogP contribution in [0.4, 0.5) is 4.79 Å². The predicted molar refractivity (Wildman–Crippen MR) is 139 cm³/mol. The van der Waals surface area contributed by atoms with Gasteiger partial charge in [0.15, 0.2) is 0 Å². The highest BCUT2D eigenvalue weighted by atomic mass is 35.5. The van der Waals surface area contributed by atoms with Gasteiger partial charge in [0.2, 0.25) is 0 Å². The van der Waals surface area contributed by atoms with Gasteiger partial charge in [-0.05, 0) is 76.5 Å². The van der Waals surface area contributed by atoms with Crippen LogP contribution in [-0.4, -0.2) is 40.2 Å². The van der Waals surface area contributed by atoms with E-state index in [1.54, 1.807) is 6.07 Å². The largest absolute Gasteiger partial charge is 0.443 e. The lowest BCUT2D eigenvalue weighted by atomic mass is 10.00. The average Bonchev–Trinajstić information content (AvgIpc) is 3.37. The van der Waals surface area contributed by atoms with E-state index in [-0.39, 0.29) is 5.91 Å². The molecule has 8 heteroatoms. The fourth-order valence-electron chi connectivity index (χ4n) is 5.00. The maximum atomic E-state index is 13.4. The van der Waals surface area contributed by atoms with Crippen molar-refractivity contribution in [3.63, 3.8) is 0 Å². The van der Waals surface area contributed by atoms with E-state index in [4.69, 9.17) is 27.9 Å². The summed E-state index contributed by atoms with van der Waals surface area (Å²) in [7, 11) is 0. The van der Waals surface area contributed by atoms with E-state index in [9.17, 15) is 9.59 Å². The van der Waals surface area contributed by atoms with Crippen LogP contribution in [0.2, 0.25) is 10.0 Å². The molecule has 35 heavy (non-hydrogen) atoms. The molecule has 0 atom stereocenters. The van der Waals surface area contributed by atoms with Gasteiger partial charge in [-0.2, -0.15) is 0 Å². The minimum Gasteiger partial charge on any atom is -0.443 e. The molecule has 1 amide bonds. The number of ether oxygens (including phenoxy) is 1. The lowest BCUT2D eigenvalue weighted by Gasteiger charge is -2.26. The number of aromatic nitrogens is 1. The number of hydrogen-bond acceptors (Lipinski definition) is 4. The van der Waals surface area contributed by atoms with Crippen molar-refractivity contribution in [3.8, 4) is 11.3 Å². The number of benzene rings is 2. The molecule has 1 fully saturated rings. The highest BCUT2D eigenvalue weighted by Crippen LogP contribution is 2.40. The van der Waals surface area contributed by atoms with E-state index in [2.05, 4.69) is 22.3 Å². The lowest BCUT2D eigenvalue weighted by molar-refractivity contribution is 0.0547. The Kier molecular flexibility index (Phi) is 6.32. The van der Waals surface area contributed by atoms with Gasteiger partial charge in [-0.25, -0.2) is 9.36 Å². The summed E-state index contributed by atoms with van der Waals surface area (Å²) in [6.07, 6.45) is 3.24. The Balaban J connectivity index is 1.67. The minimum atomic E-state index is -0.684. The van der Waals surface area contributed by atoms with Crippen molar-refractivity contribution in [2.45, 2.75) is 58.7 Å². The number of nitrogens with zero attached hydrogens (tertiary/aromatic N) is 2. The smallest absolute Gasteiger partial charge is 0.419 e. The lowest BCUT2D eigenvalue weighted by Crippen LogP contribution is -2.29. The average molecular weight is 514 g/mol. The van der Waals surface area contributed by atoms with Gasteiger partial charge < -0.3 is 10.1 Å². The molecular weight excluding hydrogens is 485 g/mol. The zero-order valence-electron chi connectivity index (χ0n) is 20.2. The summed E-state index contributed by atoms with van der Waals surface area (Å²) in [4.78, 5) is 28.7. The summed E-state index contributed by atoms with van der Waals surface area (Å²) in [5.41, 5.74) is 3.42. The molecule has 5 rings (SSSR count). The van der Waals surface area contributed by atoms with Gasteiger partial charge in [0.05, 0.1) is 26.8 Å². The third-order valence-corrected chi connectivity index (χ3v) is 7.37. The number of halogens is 2. The van der Waals surface area contributed by atoms with Crippen LogP contribution in [0.3, 0.4) is 0 Å². The van der Waals surface area contributed by atoms with Crippen LogP contribution in [-0.2, 0) is 17.8 Å². The van der Waals surface area contributed by atoms with Crippen LogP contribution >= 0.6 is 23.2 Å². The van der Waals surface area contributed by atoms with Crippen LogP contribution in [0.15, 0.2) is 30.3 Å². The van der Waals surface area contributed by atoms with Crippen molar-refractivity contribution in [2.75, 3.05) is 13.1 Å². The number of rotatable bonds is 3. The Morgan fingerprint density at radius 2 is 1.83 bits per heavy atom. The molecule has 0 unspecified atom stereocenters. The summed E-state index contributed by atoms with van der Waals surface area (Å²) in [6, 6.07) is 9.74. The van der Waals surface area contributed by atoms with Crippen LogP contribution in [0.1, 0.15) is 61.5 Å². The molecule has 0 bridgehead atoms. The standard InChI is InChI=1S/C27H29Cl2N3O3/c1-27(2,3)35-26(34)32-21-8-7-16(15-31-9-5-4-6-10-31)11-17(21)12-22(32)18-13-20(28)24(29)19-14-30-25(33)23(18)19/h7-8,11-13H,4-6,9-10,14-15H2,1-3H3,(H,30,33). The van der Waals surface area contributed by atoms with Gasteiger partial charge in [0.1, 0.15) is 5.60 Å². The first kappa shape index (κ1) is 24.2. The zero-order chi connectivity index (χ0) is 24.9. The van der Waals surface area contributed by atoms with Crippen molar-refractivity contribution in [3.05, 3.63) is 57.1 Å². The Labute approximate surface area is 215 Å². The molecule has 6 nitrogen and oxygen atoms in total. The monoisotopic (exact) mass is 513 g/mol. The molecule has 3 aromatic rings. The summed E-state index contributed by atoms with van der Waals surface area (Å²) >= 11 is 12.9. The summed E-state index contributed by atoms with van der Waals surface area (Å²) in [6.45, 7) is 8.87. The molecule has 1 aromatic heterocycles. The Morgan fingerprint density at radius 1 is 1.09 bits per heavy atom. The first-order valence-electron chi connectivity index (χ1n) is 12.0. The maximum Gasteiger partial charge on any atom is 0.419 e. The fraction of sp³-hybridized carbons (Fsp3) is 0.407. The molecule has 0 radical (unpaired) electrons. The molecule has 3 heterocycles. The molecular formula is C27H29Cl2N3O3. The predicted octanol–water partition coefficient (Wildman–Crippen LogP) is 6.63. The number of piperidine rings is 1. The molecule has 0 saturated carbocycles. The number of nitrogens with one attached hydrogen (secondary N) is 1. The van der Waals surface area contributed by atoms with Crippen LogP contribution in [0.25, 0.3) is 22.2 Å². The van der Waals surface area contributed by atoms with Gasteiger partial charge in [0.25, 0.3) is 5.91 Å². The van der Waals surface area contributed by atoms with Crippen LogP contribution in [0, 0.1) is 0 Å². The van der Waals surface area contributed by atoms with E-state index in [0.717, 1.165) is 30.5 Å². The Bertz CT molecular complexity index is 1330. The quantitative estimate of drug-likeness (QED) is 0.426.